The van der Waals surface area contributed by atoms with Gasteiger partial charge in [-0.2, -0.15) is 5.10 Å². The number of rotatable bonds is 6. The van der Waals surface area contributed by atoms with E-state index in [1.807, 2.05) is 72.8 Å². The van der Waals surface area contributed by atoms with Crippen LogP contribution in [0.5, 0.6) is 11.5 Å². The van der Waals surface area contributed by atoms with E-state index in [1.165, 1.54) is 5.57 Å². The third-order valence-corrected chi connectivity index (χ3v) is 7.18. The van der Waals surface area contributed by atoms with E-state index in [9.17, 15) is 4.79 Å². The molecule has 2 aliphatic rings. The van der Waals surface area contributed by atoms with Gasteiger partial charge in [-0.3, -0.25) is 4.79 Å². The van der Waals surface area contributed by atoms with Crippen LogP contribution >= 0.6 is 11.6 Å². The maximum atomic E-state index is 13.5. The molecule has 1 fully saturated rings. The number of hydrogen-bond acceptors (Lipinski definition) is 4. The van der Waals surface area contributed by atoms with Crippen molar-refractivity contribution >= 4 is 35.4 Å². The molecule has 37 heavy (non-hydrogen) atoms. The van der Waals surface area contributed by atoms with Crippen LogP contribution < -0.4 is 9.47 Å². The highest BCUT2D eigenvalue weighted by Gasteiger charge is 2.43. The largest absolute Gasteiger partial charge is 0.497 e. The summed E-state index contributed by atoms with van der Waals surface area (Å²) in [5.41, 5.74) is 5.21. The maximum absolute atomic E-state index is 13.5. The molecule has 0 spiro atoms. The molecule has 3 aromatic rings. The lowest BCUT2D eigenvalue weighted by Gasteiger charge is -2.29. The fraction of sp³-hybridized carbons (Fsp3) is 0.226. The van der Waals surface area contributed by atoms with Gasteiger partial charge in [-0.25, -0.2) is 5.01 Å². The zero-order valence-electron chi connectivity index (χ0n) is 20.9. The van der Waals surface area contributed by atoms with Crippen molar-refractivity contribution in [3.05, 3.63) is 106 Å². The average Bonchev–Trinajstić information content (AvgIpc) is 3.34. The minimum absolute atomic E-state index is 0.125. The van der Waals surface area contributed by atoms with Gasteiger partial charge >= 0.3 is 0 Å². The number of fused-ring (bicyclic) bond motifs is 1. The lowest BCUT2D eigenvalue weighted by molar-refractivity contribution is -0.128. The van der Waals surface area contributed by atoms with E-state index in [2.05, 4.69) is 6.08 Å². The lowest BCUT2D eigenvalue weighted by Crippen LogP contribution is -2.30. The summed E-state index contributed by atoms with van der Waals surface area (Å²) in [6.07, 6.45) is 8.53. The van der Waals surface area contributed by atoms with Crippen LogP contribution in [0.25, 0.3) is 12.2 Å². The highest BCUT2D eigenvalue weighted by molar-refractivity contribution is 6.30. The quantitative estimate of drug-likeness (QED) is 0.328. The molecular formula is C31H29ClN2O3. The monoisotopic (exact) mass is 512 g/mol. The smallest absolute Gasteiger partial charge is 0.267 e. The first-order valence-corrected chi connectivity index (χ1v) is 12.8. The maximum Gasteiger partial charge on any atom is 0.267 e. The summed E-state index contributed by atoms with van der Waals surface area (Å²) < 4.78 is 10.7. The number of carbonyl (C=O) groups is 1. The Morgan fingerprint density at radius 1 is 0.919 bits per heavy atom. The molecule has 6 heteroatoms. The van der Waals surface area contributed by atoms with Gasteiger partial charge in [0.25, 0.3) is 5.91 Å². The predicted molar refractivity (Wildman–Crippen MR) is 149 cm³/mol. The molecule has 3 aromatic carbocycles. The Morgan fingerprint density at radius 3 is 2.19 bits per heavy atom. The van der Waals surface area contributed by atoms with Crippen LogP contribution in [0.4, 0.5) is 0 Å². The molecule has 5 rings (SSSR count). The molecule has 0 aromatic heterocycles. The SMILES string of the molecule is COc1ccc(/C=C2/CCC[C@H]3C2=NN(C(=O)/C=C/c2ccc(Cl)cc2)[C@@H]3c2ccc(OC)cc2)cc1. The predicted octanol–water partition coefficient (Wildman–Crippen LogP) is 7.19. The first-order valence-electron chi connectivity index (χ1n) is 12.4. The van der Waals surface area contributed by atoms with Crippen molar-refractivity contribution in [2.75, 3.05) is 14.2 Å². The van der Waals surface area contributed by atoms with Crippen molar-refractivity contribution in [1.29, 1.82) is 0 Å². The molecule has 1 aliphatic heterocycles. The Kier molecular flexibility index (Phi) is 7.42. The van der Waals surface area contributed by atoms with Gasteiger partial charge in [-0.05, 0) is 90.1 Å². The Bertz CT molecular complexity index is 1340. The van der Waals surface area contributed by atoms with Crippen LogP contribution in [0.3, 0.4) is 0 Å². The molecule has 0 bridgehead atoms. The third-order valence-electron chi connectivity index (χ3n) is 6.93. The second-order valence-corrected chi connectivity index (χ2v) is 9.65. The molecule has 5 nitrogen and oxygen atoms in total. The average molecular weight is 513 g/mol. The van der Waals surface area contributed by atoms with Crippen molar-refractivity contribution in [1.82, 2.24) is 5.01 Å². The molecule has 1 heterocycles. The zero-order chi connectivity index (χ0) is 25.8. The molecule has 188 valence electrons. The topological polar surface area (TPSA) is 51.1 Å². The number of hydrogen-bond donors (Lipinski definition) is 0. The van der Waals surface area contributed by atoms with Gasteiger partial charge < -0.3 is 9.47 Å². The Labute approximate surface area is 222 Å². The zero-order valence-corrected chi connectivity index (χ0v) is 21.7. The highest BCUT2D eigenvalue weighted by atomic mass is 35.5. The van der Waals surface area contributed by atoms with E-state index in [-0.39, 0.29) is 17.9 Å². The van der Waals surface area contributed by atoms with Gasteiger partial charge in [0.1, 0.15) is 11.5 Å². The number of allylic oxidation sites excluding steroid dienone is 1. The molecule has 1 amide bonds. The summed E-state index contributed by atoms with van der Waals surface area (Å²) >= 11 is 6.01. The number of ether oxygens (including phenoxy) is 2. The number of carbonyl (C=O) groups excluding carboxylic acids is 1. The highest BCUT2D eigenvalue weighted by Crippen LogP contribution is 2.44. The van der Waals surface area contributed by atoms with E-state index in [0.29, 0.717) is 5.02 Å². The van der Waals surface area contributed by atoms with Crippen molar-refractivity contribution in [3.63, 3.8) is 0 Å². The summed E-state index contributed by atoms with van der Waals surface area (Å²) in [4.78, 5) is 13.5. The van der Waals surface area contributed by atoms with Crippen LogP contribution in [0.15, 0.2) is 89.5 Å². The van der Waals surface area contributed by atoms with E-state index in [1.54, 1.807) is 31.4 Å². The summed E-state index contributed by atoms with van der Waals surface area (Å²) in [5, 5.41) is 7.27. The number of hydrazone groups is 1. The number of halogens is 1. The van der Waals surface area contributed by atoms with Gasteiger partial charge in [-0.1, -0.05) is 48.0 Å². The molecule has 2 atom stereocenters. The first-order chi connectivity index (χ1) is 18.1. The van der Waals surface area contributed by atoms with E-state index >= 15 is 0 Å². The number of nitrogens with zero attached hydrogens (tertiary/aromatic N) is 2. The van der Waals surface area contributed by atoms with Gasteiger partial charge in [-0.15, -0.1) is 0 Å². The van der Waals surface area contributed by atoms with Crippen molar-refractivity contribution in [3.8, 4) is 11.5 Å². The van der Waals surface area contributed by atoms with Crippen LogP contribution in [0.1, 0.15) is 42.0 Å². The molecule has 1 aliphatic carbocycles. The van der Waals surface area contributed by atoms with Gasteiger partial charge in [0, 0.05) is 17.0 Å². The second-order valence-electron chi connectivity index (χ2n) is 9.21. The second kappa shape index (κ2) is 11.1. The van der Waals surface area contributed by atoms with Crippen LogP contribution in [0.2, 0.25) is 5.02 Å². The molecule has 0 N–H and O–H groups in total. The van der Waals surface area contributed by atoms with Gasteiger partial charge in [0.05, 0.1) is 26.0 Å². The summed E-state index contributed by atoms with van der Waals surface area (Å²) in [6.45, 7) is 0. The first kappa shape index (κ1) is 24.8. The summed E-state index contributed by atoms with van der Waals surface area (Å²) in [6, 6.07) is 23.2. The Morgan fingerprint density at radius 2 is 1.54 bits per heavy atom. The molecular weight excluding hydrogens is 484 g/mol. The standard InChI is InChI=1S/C31H29ClN2O3/c1-36-26-15-8-22(9-16-26)20-24-4-3-5-28-30(24)33-34(31(28)23-11-17-27(37-2)18-12-23)29(35)19-10-21-6-13-25(32)14-7-21/h6-20,28,31H,3-5H2,1-2H3/b19-10+,24-20-/t28-,31+/m0/s1. The number of methoxy groups -OCH3 is 2. The summed E-state index contributed by atoms with van der Waals surface area (Å²) in [7, 11) is 3.32. The molecule has 0 saturated heterocycles. The van der Waals surface area contributed by atoms with Crippen molar-refractivity contribution < 1.29 is 14.3 Å². The molecule has 0 unspecified atom stereocenters. The van der Waals surface area contributed by atoms with Gasteiger partial charge in [0.15, 0.2) is 0 Å². The number of benzene rings is 3. The van der Waals surface area contributed by atoms with Crippen LogP contribution in [0, 0.1) is 5.92 Å². The Balaban J connectivity index is 1.49. The van der Waals surface area contributed by atoms with E-state index in [4.69, 9.17) is 26.2 Å². The fourth-order valence-electron chi connectivity index (χ4n) is 5.04. The van der Waals surface area contributed by atoms with E-state index < -0.39 is 0 Å². The lowest BCUT2D eigenvalue weighted by atomic mass is 9.77. The number of amides is 1. The van der Waals surface area contributed by atoms with Crippen LogP contribution in [-0.4, -0.2) is 30.8 Å². The minimum atomic E-state index is -0.178. The third kappa shape index (κ3) is 5.47. The molecule has 0 radical (unpaired) electrons. The van der Waals surface area contributed by atoms with Crippen molar-refractivity contribution in [2.24, 2.45) is 11.0 Å². The van der Waals surface area contributed by atoms with Gasteiger partial charge in [0.2, 0.25) is 0 Å². The normalized spacial score (nSPS) is 20.1. The fourth-order valence-corrected chi connectivity index (χ4v) is 5.16. The van der Waals surface area contributed by atoms with E-state index in [0.717, 1.165) is 53.2 Å². The molecule has 1 saturated carbocycles. The summed E-state index contributed by atoms with van der Waals surface area (Å²) in [5.74, 6) is 1.58. The minimum Gasteiger partial charge on any atom is -0.497 e. The van der Waals surface area contributed by atoms with Crippen LogP contribution in [-0.2, 0) is 4.79 Å². The van der Waals surface area contributed by atoms with Crippen molar-refractivity contribution in [2.45, 2.75) is 25.3 Å². The Hall–Kier alpha value is -3.83.